The van der Waals surface area contributed by atoms with Crippen LogP contribution in [0.4, 0.5) is 0 Å². The standard InChI is InChI=1S/C22H24N2O3/c1-26-18-6-4-5-17(13-18)15-23-9-11-24(12-10-23)16-19-14-21(25)20-7-2-3-8-22(20)27-19/h2-8,13-14H,9-12,15-16H2,1H3. The number of piperazine rings is 1. The maximum absolute atomic E-state index is 12.3. The van der Waals surface area contributed by atoms with Crippen molar-refractivity contribution in [2.45, 2.75) is 13.1 Å². The Morgan fingerprint density at radius 3 is 2.44 bits per heavy atom. The van der Waals surface area contributed by atoms with Crippen molar-refractivity contribution < 1.29 is 9.15 Å². The monoisotopic (exact) mass is 364 g/mol. The van der Waals surface area contributed by atoms with Crippen molar-refractivity contribution >= 4 is 11.0 Å². The molecule has 0 spiro atoms. The van der Waals surface area contributed by atoms with Gasteiger partial charge in [-0.1, -0.05) is 24.3 Å². The van der Waals surface area contributed by atoms with Crippen LogP contribution in [-0.4, -0.2) is 43.1 Å². The highest BCUT2D eigenvalue weighted by Gasteiger charge is 2.18. The van der Waals surface area contributed by atoms with Crippen LogP contribution < -0.4 is 10.2 Å². The third-order valence-electron chi connectivity index (χ3n) is 5.07. The third kappa shape index (κ3) is 4.21. The van der Waals surface area contributed by atoms with Gasteiger partial charge in [0.1, 0.15) is 17.1 Å². The summed E-state index contributed by atoms with van der Waals surface area (Å²) in [7, 11) is 1.70. The second-order valence-corrected chi connectivity index (χ2v) is 6.98. The van der Waals surface area contributed by atoms with Crippen LogP contribution in [0.1, 0.15) is 11.3 Å². The van der Waals surface area contributed by atoms with Gasteiger partial charge < -0.3 is 9.15 Å². The van der Waals surface area contributed by atoms with Crippen LogP contribution in [-0.2, 0) is 13.1 Å². The molecule has 1 saturated heterocycles. The molecule has 140 valence electrons. The van der Waals surface area contributed by atoms with Gasteiger partial charge in [-0.05, 0) is 29.8 Å². The fourth-order valence-corrected chi connectivity index (χ4v) is 3.59. The Hall–Kier alpha value is -2.63. The summed E-state index contributed by atoms with van der Waals surface area (Å²) in [5.41, 5.74) is 1.96. The maximum atomic E-state index is 12.3. The van der Waals surface area contributed by atoms with E-state index in [0.717, 1.165) is 44.2 Å². The van der Waals surface area contributed by atoms with Gasteiger partial charge in [0.2, 0.25) is 0 Å². The van der Waals surface area contributed by atoms with E-state index in [4.69, 9.17) is 9.15 Å². The molecule has 1 aliphatic rings. The predicted octanol–water partition coefficient (Wildman–Crippen LogP) is 3.12. The highest BCUT2D eigenvalue weighted by molar-refractivity contribution is 5.76. The summed E-state index contributed by atoms with van der Waals surface area (Å²) in [6.07, 6.45) is 0. The van der Waals surface area contributed by atoms with Gasteiger partial charge in [0.15, 0.2) is 5.43 Å². The molecule has 5 heteroatoms. The fraction of sp³-hybridized carbons (Fsp3) is 0.318. The van der Waals surface area contributed by atoms with E-state index >= 15 is 0 Å². The number of hydrogen-bond acceptors (Lipinski definition) is 5. The lowest BCUT2D eigenvalue weighted by atomic mass is 10.2. The quantitative estimate of drug-likeness (QED) is 0.696. The number of rotatable bonds is 5. The van der Waals surface area contributed by atoms with E-state index in [1.807, 2.05) is 36.4 Å². The third-order valence-corrected chi connectivity index (χ3v) is 5.07. The van der Waals surface area contributed by atoms with Crippen molar-refractivity contribution in [3.63, 3.8) is 0 Å². The van der Waals surface area contributed by atoms with E-state index in [1.54, 1.807) is 13.2 Å². The number of fused-ring (bicyclic) bond motifs is 1. The normalized spacial score (nSPS) is 15.9. The molecule has 0 bridgehead atoms. The van der Waals surface area contributed by atoms with Crippen LogP contribution in [0.15, 0.2) is 63.8 Å². The number of nitrogens with zero attached hydrogens (tertiary/aromatic N) is 2. The molecule has 0 atom stereocenters. The van der Waals surface area contributed by atoms with Crippen LogP contribution in [0.5, 0.6) is 5.75 Å². The average Bonchev–Trinajstić information content (AvgIpc) is 2.70. The van der Waals surface area contributed by atoms with Gasteiger partial charge in [0.05, 0.1) is 19.0 Å². The van der Waals surface area contributed by atoms with Crippen molar-refractivity contribution in [1.82, 2.24) is 9.80 Å². The lowest BCUT2D eigenvalue weighted by Crippen LogP contribution is -2.45. The molecule has 0 aliphatic carbocycles. The summed E-state index contributed by atoms with van der Waals surface area (Å²) in [6.45, 7) is 5.51. The zero-order valence-electron chi connectivity index (χ0n) is 15.6. The second-order valence-electron chi connectivity index (χ2n) is 6.98. The van der Waals surface area contributed by atoms with E-state index in [0.29, 0.717) is 17.5 Å². The van der Waals surface area contributed by atoms with Crippen LogP contribution in [0.25, 0.3) is 11.0 Å². The molecule has 1 fully saturated rings. The summed E-state index contributed by atoms with van der Waals surface area (Å²) < 4.78 is 11.2. The fourth-order valence-electron chi connectivity index (χ4n) is 3.59. The number of ether oxygens (including phenoxy) is 1. The first-order valence-electron chi connectivity index (χ1n) is 9.31. The summed E-state index contributed by atoms with van der Waals surface area (Å²) in [5, 5.41) is 0.643. The highest BCUT2D eigenvalue weighted by atomic mass is 16.5. The highest BCUT2D eigenvalue weighted by Crippen LogP contribution is 2.17. The first kappa shape index (κ1) is 17.8. The number of benzene rings is 2. The Labute approximate surface area is 158 Å². The van der Waals surface area contributed by atoms with Gasteiger partial charge in [0.25, 0.3) is 0 Å². The molecule has 1 aliphatic heterocycles. The largest absolute Gasteiger partial charge is 0.497 e. The molecule has 0 amide bonds. The minimum Gasteiger partial charge on any atom is -0.497 e. The van der Waals surface area contributed by atoms with Gasteiger partial charge in [0, 0.05) is 38.8 Å². The minimum absolute atomic E-state index is 0.0310. The maximum Gasteiger partial charge on any atom is 0.192 e. The van der Waals surface area contributed by atoms with Gasteiger partial charge in [-0.15, -0.1) is 0 Å². The smallest absolute Gasteiger partial charge is 0.192 e. The predicted molar refractivity (Wildman–Crippen MR) is 106 cm³/mol. The summed E-state index contributed by atoms with van der Waals surface area (Å²) in [6, 6.07) is 17.3. The van der Waals surface area contributed by atoms with Crippen molar-refractivity contribution in [3.05, 3.63) is 76.1 Å². The van der Waals surface area contributed by atoms with E-state index in [-0.39, 0.29) is 5.43 Å². The summed E-state index contributed by atoms with van der Waals surface area (Å²) in [4.78, 5) is 17.0. The van der Waals surface area contributed by atoms with Crippen molar-refractivity contribution in [3.8, 4) is 5.75 Å². The Morgan fingerprint density at radius 1 is 0.926 bits per heavy atom. The van der Waals surface area contributed by atoms with E-state index in [2.05, 4.69) is 21.9 Å². The zero-order chi connectivity index (χ0) is 18.6. The lowest BCUT2D eigenvalue weighted by Gasteiger charge is -2.34. The number of para-hydroxylation sites is 1. The van der Waals surface area contributed by atoms with Gasteiger partial charge in [-0.2, -0.15) is 0 Å². The molecule has 0 N–H and O–H groups in total. The number of hydrogen-bond donors (Lipinski definition) is 0. The van der Waals surface area contributed by atoms with E-state index in [9.17, 15) is 4.79 Å². The molecule has 2 heterocycles. The molecule has 0 unspecified atom stereocenters. The molecule has 2 aromatic carbocycles. The van der Waals surface area contributed by atoms with Gasteiger partial charge in [-0.3, -0.25) is 14.6 Å². The molecule has 3 aromatic rings. The Morgan fingerprint density at radius 2 is 1.67 bits per heavy atom. The van der Waals surface area contributed by atoms with Crippen molar-refractivity contribution in [1.29, 1.82) is 0 Å². The summed E-state index contributed by atoms with van der Waals surface area (Å²) in [5.74, 6) is 1.64. The first-order chi connectivity index (χ1) is 13.2. The molecule has 0 saturated carbocycles. The van der Waals surface area contributed by atoms with Gasteiger partial charge >= 0.3 is 0 Å². The zero-order valence-corrected chi connectivity index (χ0v) is 15.6. The topological polar surface area (TPSA) is 45.9 Å². The molecular weight excluding hydrogens is 340 g/mol. The summed E-state index contributed by atoms with van der Waals surface area (Å²) >= 11 is 0. The van der Waals surface area contributed by atoms with Crippen molar-refractivity contribution in [2.24, 2.45) is 0 Å². The second kappa shape index (κ2) is 7.94. The average molecular weight is 364 g/mol. The Balaban J connectivity index is 1.36. The van der Waals surface area contributed by atoms with Crippen LogP contribution in [0.2, 0.25) is 0 Å². The molecule has 0 radical (unpaired) electrons. The van der Waals surface area contributed by atoms with Crippen LogP contribution >= 0.6 is 0 Å². The Bertz CT molecular complexity index is 974. The van der Waals surface area contributed by atoms with Crippen LogP contribution in [0, 0.1) is 0 Å². The Kier molecular flexibility index (Phi) is 5.23. The first-order valence-corrected chi connectivity index (χ1v) is 9.31. The molecular formula is C22H24N2O3. The minimum atomic E-state index is 0.0310. The van der Waals surface area contributed by atoms with Crippen molar-refractivity contribution in [2.75, 3.05) is 33.3 Å². The van der Waals surface area contributed by atoms with E-state index in [1.165, 1.54) is 5.56 Å². The molecule has 4 rings (SSSR count). The molecule has 27 heavy (non-hydrogen) atoms. The number of methoxy groups -OCH3 is 1. The van der Waals surface area contributed by atoms with E-state index < -0.39 is 0 Å². The lowest BCUT2D eigenvalue weighted by molar-refractivity contribution is 0.116. The molecule has 5 nitrogen and oxygen atoms in total. The van der Waals surface area contributed by atoms with Crippen LogP contribution in [0.3, 0.4) is 0 Å². The molecule has 1 aromatic heterocycles. The SMILES string of the molecule is COc1cccc(CN2CCN(Cc3cc(=O)c4ccccc4o3)CC2)c1. The van der Waals surface area contributed by atoms with Gasteiger partial charge in [-0.25, -0.2) is 0 Å².